The van der Waals surface area contributed by atoms with Gasteiger partial charge in [0.1, 0.15) is 6.61 Å². The van der Waals surface area contributed by atoms with E-state index in [1.54, 1.807) is 6.92 Å². The number of ether oxygens (including phenoxy) is 1. The van der Waals surface area contributed by atoms with Crippen molar-refractivity contribution in [3.63, 3.8) is 0 Å². The SMILES string of the molecule is CCC(C)(N)COC(=O)Nc1ccc(C(F)(F)F)cc1. The van der Waals surface area contributed by atoms with Gasteiger partial charge < -0.3 is 10.5 Å². The summed E-state index contributed by atoms with van der Waals surface area (Å²) in [5.74, 6) is 0. The molecule has 3 N–H and O–H groups in total. The van der Waals surface area contributed by atoms with Crippen LogP contribution < -0.4 is 11.1 Å². The number of anilines is 1. The fraction of sp³-hybridized carbons (Fsp3) is 0.462. The summed E-state index contributed by atoms with van der Waals surface area (Å²) in [5.41, 5.74) is 4.61. The number of benzene rings is 1. The number of carbonyl (C=O) groups is 1. The molecule has 0 saturated heterocycles. The fourth-order valence-corrected chi connectivity index (χ4v) is 1.23. The summed E-state index contributed by atoms with van der Waals surface area (Å²) >= 11 is 0. The smallest absolute Gasteiger partial charge is 0.416 e. The van der Waals surface area contributed by atoms with Gasteiger partial charge in [0.2, 0.25) is 0 Å². The van der Waals surface area contributed by atoms with Crippen molar-refractivity contribution in [3.05, 3.63) is 29.8 Å². The van der Waals surface area contributed by atoms with Gasteiger partial charge in [0.15, 0.2) is 0 Å². The van der Waals surface area contributed by atoms with E-state index in [-0.39, 0.29) is 12.3 Å². The minimum absolute atomic E-state index is 0.0238. The molecule has 1 atom stereocenters. The van der Waals surface area contributed by atoms with Crippen LogP contribution in [-0.4, -0.2) is 18.2 Å². The molecular formula is C13H17F3N2O2. The Kier molecular flexibility index (Phi) is 4.99. The zero-order chi connectivity index (χ0) is 15.4. The van der Waals surface area contributed by atoms with Gasteiger partial charge in [0.25, 0.3) is 0 Å². The maximum atomic E-state index is 12.3. The average Bonchev–Trinajstić information content (AvgIpc) is 2.36. The van der Waals surface area contributed by atoms with E-state index in [9.17, 15) is 18.0 Å². The van der Waals surface area contributed by atoms with E-state index < -0.39 is 23.4 Å². The predicted octanol–water partition coefficient (Wildman–Crippen LogP) is 3.38. The van der Waals surface area contributed by atoms with Gasteiger partial charge in [-0.25, -0.2) is 4.79 Å². The van der Waals surface area contributed by atoms with E-state index in [0.717, 1.165) is 24.3 Å². The summed E-state index contributed by atoms with van der Waals surface area (Å²) < 4.78 is 41.9. The lowest BCUT2D eigenvalue weighted by Gasteiger charge is -2.22. The third-order valence-corrected chi connectivity index (χ3v) is 2.80. The fourth-order valence-electron chi connectivity index (χ4n) is 1.23. The number of nitrogens with two attached hydrogens (primary N) is 1. The monoisotopic (exact) mass is 290 g/mol. The standard InChI is InChI=1S/C13H17F3N2O2/c1-3-12(2,17)8-20-11(19)18-10-6-4-9(5-7-10)13(14,15)16/h4-7H,3,8,17H2,1-2H3,(H,18,19). The van der Waals surface area contributed by atoms with Crippen molar-refractivity contribution in [1.82, 2.24) is 0 Å². The van der Waals surface area contributed by atoms with Crippen LogP contribution in [0.5, 0.6) is 0 Å². The van der Waals surface area contributed by atoms with Crippen molar-refractivity contribution in [1.29, 1.82) is 0 Å². The molecule has 0 aliphatic rings. The molecule has 1 amide bonds. The van der Waals surface area contributed by atoms with Crippen LogP contribution in [0.25, 0.3) is 0 Å². The predicted molar refractivity (Wildman–Crippen MR) is 69.3 cm³/mol. The maximum absolute atomic E-state index is 12.3. The van der Waals surface area contributed by atoms with Crippen LogP contribution in [0.1, 0.15) is 25.8 Å². The Hall–Kier alpha value is -1.76. The summed E-state index contributed by atoms with van der Waals surface area (Å²) in [6.07, 6.45) is -4.53. The number of hydrogen-bond donors (Lipinski definition) is 2. The summed E-state index contributed by atoms with van der Waals surface area (Å²) in [5, 5.41) is 2.33. The van der Waals surface area contributed by atoms with E-state index >= 15 is 0 Å². The summed E-state index contributed by atoms with van der Waals surface area (Å²) in [6, 6.07) is 4.08. The molecule has 4 nitrogen and oxygen atoms in total. The number of alkyl halides is 3. The molecule has 20 heavy (non-hydrogen) atoms. The van der Waals surface area contributed by atoms with Crippen LogP contribution in [0.4, 0.5) is 23.7 Å². The first-order valence-electron chi connectivity index (χ1n) is 6.04. The molecule has 0 heterocycles. The molecule has 0 aliphatic carbocycles. The van der Waals surface area contributed by atoms with Crippen LogP contribution in [0, 0.1) is 0 Å². The topological polar surface area (TPSA) is 64.3 Å². The Balaban J connectivity index is 2.55. The molecule has 1 unspecified atom stereocenters. The van der Waals surface area contributed by atoms with Crippen molar-refractivity contribution >= 4 is 11.8 Å². The molecule has 0 aliphatic heterocycles. The molecule has 7 heteroatoms. The van der Waals surface area contributed by atoms with E-state index in [2.05, 4.69) is 5.32 Å². The van der Waals surface area contributed by atoms with Crippen molar-refractivity contribution in [2.45, 2.75) is 32.0 Å². The second kappa shape index (κ2) is 6.13. The largest absolute Gasteiger partial charge is 0.447 e. The van der Waals surface area contributed by atoms with E-state index in [0.29, 0.717) is 6.42 Å². The third-order valence-electron chi connectivity index (χ3n) is 2.80. The minimum atomic E-state index is -4.40. The molecule has 0 spiro atoms. The first-order valence-corrected chi connectivity index (χ1v) is 6.04. The molecule has 0 fully saturated rings. The van der Waals surface area contributed by atoms with Crippen molar-refractivity contribution < 1.29 is 22.7 Å². The molecule has 112 valence electrons. The van der Waals surface area contributed by atoms with Crippen LogP contribution in [0.15, 0.2) is 24.3 Å². The number of rotatable bonds is 4. The molecular weight excluding hydrogens is 273 g/mol. The minimum Gasteiger partial charge on any atom is -0.447 e. The average molecular weight is 290 g/mol. The Morgan fingerprint density at radius 3 is 2.30 bits per heavy atom. The maximum Gasteiger partial charge on any atom is 0.416 e. The molecule has 1 aromatic rings. The number of nitrogens with one attached hydrogen (secondary N) is 1. The number of amides is 1. The Morgan fingerprint density at radius 1 is 1.30 bits per heavy atom. The number of carbonyl (C=O) groups excluding carboxylic acids is 1. The highest BCUT2D eigenvalue weighted by Crippen LogP contribution is 2.29. The summed E-state index contributed by atoms with van der Waals surface area (Å²) in [4.78, 5) is 11.4. The highest BCUT2D eigenvalue weighted by Gasteiger charge is 2.30. The first kappa shape index (κ1) is 16.3. The Morgan fingerprint density at radius 2 is 1.85 bits per heavy atom. The lowest BCUT2D eigenvalue weighted by atomic mass is 10.0. The van der Waals surface area contributed by atoms with Crippen molar-refractivity contribution in [3.8, 4) is 0 Å². The zero-order valence-electron chi connectivity index (χ0n) is 11.3. The van der Waals surface area contributed by atoms with Crippen LogP contribution in [-0.2, 0) is 10.9 Å². The molecule has 0 radical (unpaired) electrons. The van der Waals surface area contributed by atoms with Crippen molar-refractivity contribution in [2.24, 2.45) is 5.73 Å². The van der Waals surface area contributed by atoms with E-state index in [1.807, 2.05) is 6.92 Å². The van der Waals surface area contributed by atoms with Gasteiger partial charge in [-0.05, 0) is 37.6 Å². The van der Waals surface area contributed by atoms with E-state index in [1.165, 1.54) is 0 Å². The zero-order valence-corrected chi connectivity index (χ0v) is 11.3. The van der Waals surface area contributed by atoms with Crippen LogP contribution in [0.2, 0.25) is 0 Å². The molecule has 1 rings (SSSR count). The van der Waals surface area contributed by atoms with Gasteiger partial charge >= 0.3 is 12.3 Å². The number of halogens is 3. The quantitative estimate of drug-likeness (QED) is 0.893. The van der Waals surface area contributed by atoms with Gasteiger partial charge in [0, 0.05) is 11.2 Å². The Bertz CT molecular complexity index is 456. The lowest BCUT2D eigenvalue weighted by Crippen LogP contribution is -2.41. The second-order valence-corrected chi connectivity index (χ2v) is 4.78. The highest BCUT2D eigenvalue weighted by molar-refractivity contribution is 5.84. The van der Waals surface area contributed by atoms with Crippen LogP contribution in [0.3, 0.4) is 0 Å². The molecule has 0 aromatic heterocycles. The number of hydrogen-bond acceptors (Lipinski definition) is 3. The van der Waals surface area contributed by atoms with Gasteiger partial charge in [-0.3, -0.25) is 5.32 Å². The summed E-state index contributed by atoms with van der Waals surface area (Å²) in [6.45, 7) is 3.62. The molecule has 0 saturated carbocycles. The highest BCUT2D eigenvalue weighted by atomic mass is 19.4. The van der Waals surface area contributed by atoms with Gasteiger partial charge in [-0.1, -0.05) is 6.92 Å². The van der Waals surface area contributed by atoms with Gasteiger partial charge in [0.05, 0.1) is 5.56 Å². The van der Waals surface area contributed by atoms with Crippen molar-refractivity contribution in [2.75, 3.05) is 11.9 Å². The lowest BCUT2D eigenvalue weighted by molar-refractivity contribution is -0.137. The Labute approximate surface area is 115 Å². The van der Waals surface area contributed by atoms with E-state index in [4.69, 9.17) is 10.5 Å². The second-order valence-electron chi connectivity index (χ2n) is 4.78. The molecule has 0 bridgehead atoms. The normalized spacial score (nSPS) is 14.5. The summed E-state index contributed by atoms with van der Waals surface area (Å²) in [7, 11) is 0. The van der Waals surface area contributed by atoms with Gasteiger partial charge in [-0.2, -0.15) is 13.2 Å². The molecule has 1 aromatic carbocycles. The van der Waals surface area contributed by atoms with Gasteiger partial charge in [-0.15, -0.1) is 0 Å². The third kappa shape index (κ3) is 5.08. The first-order chi connectivity index (χ1) is 9.14. The van der Waals surface area contributed by atoms with Crippen LogP contribution >= 0.6 is 0 Å².